The quantitative estimate of drug-likeness (QED) is 0.588. The fraction of sp³-hybridized carbons (Fsp3) is 0.143. The molecule has 0 aromatic heterocycles. The molecule has 3 N–H and O–H groups in total. The first-order valence-corrected chi connectivity index (χ1v) is 4.15. The highest BCUT2D eigenvalue weighted by molar-refractivity contribution is 6.39. The molecule has 2 nitrogen and oxygen atoms in total. The van der Waals surface area contributed by atoms with E-state index < -0.39 is 16.8 Å². The Hall–Kier alpha value is -0.650. The number of alkyl halides is 3. The molecule has 0 fully saturated rings. The minimum absolute atomic E-state index is 0.0329. The Balaban J connectivity index is 3.36. The summed E-state index contributed by atoms with van der Waals surface area (Å²) in [4.78, 5) is 0. The predicted octanol–water partition coefficient (Wildman–Crippen LogP) is 3.30. The summed E-state index contributed by atoms with van der Waals surface area (Å²) < 4.78 is 36.9. The molecule has 1 aromatic carbocycles. The SMILES string of the molecule is NNc1c(Cl)ccc(C(F)(F)F)c1Cl. The fourth-order valence-electron chi connectivity index (χ4n) is 0.904. The van der Waals surface area contributed by atoms with Gasteiger partial charge in [0.2, 0.25) is 0 Å². The summed E-state index contributed by atoms with van der Waals surface area (Å²) in [5.41, 5.74) is 0.901. The maximum Gasteiger partial charge on any atom is 0.417 e. The molecule has 0 heterocycles. The van der Waals surface area contributed by atoms with Crippen molar-refractivity contribution in [3.8, 4) is 0 Å². The molecule has 0 radical (unpaired) electrons. The van der Waals surface area contributed by atoms with Crippen molar-refractivity contribution >= 4 is 28.9 Å². The smallest absolute Gasteiger partial charge is 0.321 e. The highest BCUT2D eigenvalue weighted by Gasteiger charge is 2.34. The van der Waals surface area contributed by atoms with E-state index in [9.17, 15) is 13.2 Å². The number of anilines is 1. The number of hydrogen-bond donors (Lipinski definition) is 2. The Morgan fingerprint density at radius 2 is 1.79 bits per heavy atom. The molecule has 0 atom stereocenters. The summed E-state index contributed by atoms with van der Waals surface area (Å²) in [6.45, 7) is 0. The van der Waals surface area contributed by atoms with Gasteiger partial charge in [-0.1, -0.05) is 23.2 Å². The molecule has 0 aliphatic rings. The molecule has 0 spiro atoms. The van der Waals surface area contributed by atoms with E-state index in [1.807, 2.05) is 5.43 Å². The monoisotopic (exact) mass is 244 g/mol. The second-order valence-electron chi connectivity index (χ2n) is 2.43. The zero-order chi connectivity index (χ0) is 10.9. The van der Waals surface area contributed by atoms with Crippen LogP contribution in [0, 0.1) is 0 Å². The zero-order valence-corrected chi connectivity index (χ0v) is 8.13. The molecule has 14 heavy (non-hydrogen) atoms. The number of nitrogen functional groups attached to an aromatic ring is 1. The van der Waals surface area contributed by atoms with Gasteiger partial charge in [-0.25, -0.2) is 0 Å². The topological polar surface area (TPSA) is 38.0 Å². The van der Waals surface area contributed by atoms with E-state index in [0.29, 0.717) is 0 Å². The molecule has 0 saturated carbocycles. The summed E-state index contributed by atoms with van der Waals surface area (Å²) in [7, 11) is 0. The van der Waals surface area contributed by atoms with Gasteiger partial charge < -0.3 is 5.43 Å². The van der Waals surface area contributed by atoms with Crippen LogP contribution in [0.15, 0.2) is 12.1 Å². The van der Waals surface area contributed by atoms with Crippen LogP contribution < -0.4 is 11.3 Å². The maximum atomic E-state index is 12.3. The number of halogens is 5. The summed E-state index contributed by atoms with van der Waals surface area (Å²) >= 11 is 11.0. The normalized spacial score (nSPS) is 11.6. The van der Waals surface area contributed by atoms with Gasteiger partial charge in [-0.2, -0.15) is 13.2 Å². The largest absolute Gasteiger partial charge is 0.417 e. The second-order valence-corrected chi connectivity index (χ2v) is 3.21. The lowest BCUT2D eigenvalue weighted by Crippen LogP contribution is -2.12. The number of benzene rings is 1. The van der Waals surface area contributed by atoms with Crippen molar-refractivity contribution in [2.24, 2.45) is 5.84 Å². The van der Waals surface area contributed by atoms with Crippen molar-refractivity contribution in [1.29, 1.82) is 0 Å². The molecule has 1 rings (SSSR count). The van der Waals surface area contributed by atoms with E-state index in [-0.39, 0.29) is 10.7 Å². The molecular weight excluding hydrogens is 240 g/mol. The van der Waals surface area contributed by atoms with E-state index in [0.717, 1.165) is 12.1 Å². The third kappa shape index (κ3) is 2.05. The van der Waals surface area contributed by atoms with Crippen molar-refractivity contribution in [3.63, 3.8) is 0 Å². The molecule has 0 amide bonds. The van der Waals surface area contributed by atoms with Crippen LogP contribution >= 0.6 is 23.2 Å². The van der Waals surface area contributed by atoms with Gasteiger partial charge in [-0.05, 0) is 12.1 Å². The average Bonchev–Trinajstić information content (AvgIpc) is 2.02. The highest BCUT2D eigenvalue weighted by Crippen LogP contribution is 2.40. The summed E-state index contributed by atoms with van der Waals surface area (Å²) in [6.07, 6.45) is -4.52. The first-order valence-electron chi connectivity index (χ1n) is 3.39. The first kappa shape index (κ1) is 11.4. The summed E-state index contributed by atoms with van der Waals surface area (Å²) in [5.74, 6) is 4.98. The molecule has 0 aliphatic carbocycles. The van der Waals surface area contributed by atoms with E-state index in [2.05, 4.69) is 0 Å². The first-order chi connectivity index (χ1) is 6.38. The van der Waals surface area contributed by atoms with Crippen LogP contribution in [-0.4, -0.2) is 0 Å². The van der Waals surface area contributed by atoms with E-state index in [1.54, 1.807) is 0 Å². The molecule has 78 valence electrons. The molecule has 0 aliphatic heterocycles. The van der Waals surface area contributed by atoms with Gasteiger partial charge >= 0.3 is 6.18 Å². The van der Waals surface area contributed by atoms with Crippen molar-refractivity contribution < 1.29 is 13.2 Å². The molecule has 0 unspecified atom stereocenters. The van der Waals surface area contributed by atoms with Gasteiger partial charge in [0.1, 0.15) is 0 Å². The highest BCUT2D eigenvalue weighted by atomic mass is 35.5. The van der Waals surface area contributed by atoms with Crippen LogP contribution in [0.5, 0.6) is 0 Å². The molecule has 1 aromatic rings. The number of hydrogen-bond acceptors (Lipinski definition) is 2. The number of rotatable bonds is 1. The Morgan fingerprint density at radius 1 is 1.21 bits per heavy atom. The molecular formula is C7H5Cl2F3N2. The lowest BCUT2D eigenvalue weighted by atomic mass is 10.2. The Morgan fingerprint density at radius 3 is 2.21 bits per heavy atom. The summed E-state index contributed by atoms with van der Waals surface area (Å²) in [6, 6.07) is 1.87. The number of hydrazine groups is 1. The van der Waals surface area contributed by atoms with Crippen LogP contribution in [0.2, 0.25) is 10.0 Å². The van der Waals surface area contributed by atoms with E-state index >= 15 is 0 Å². The van der Waals surface area contributed by atoms with Crippen LogP contribution in [0.25, 0.3) is 0 Å². The molecule has 7 heteroatoms. The number of nitrogens with one attached hydrogen (secondary N) is 1. The van der Waals surface area contributed by atoms with Crippen LogP contribution in [0.4, 0.5) is 18.9 Å². The fourth-order valence-corrected chi connectivity index (χ4v) is 1.49. The van der Waals surface area contributed by atoms with Crippen LogP contribution in [-0.2, 0) is 6.18 Å². The van der Waals surface area contributed by atoms with Gasteiger partial charge in [-0.3, -0.25) is 5.84 Å². The van der Waals surface area contributed by atoms with Gasteiger partial charge in [0.05, 0.1) is 21.3 Å². The summed E-state index contributed by atoms with van der Waals surface area (Å²) in [5, 5.41) is -0.502. The van der Waals surface area contributed by atoms with Crippen molar-refractivity contribution in [2.45, 2.75) is 6.18 Å². The van der Waals surface area contributed by atoms with Crippen molar-refractivity contribution in [2.75, 3.05) is 5.43 Å². The zero-order valence-electron chi connectivity index (χ0n) is 6.62. The Kier molecular flexibility index (Phi) is 3.14. The van der Waals surface area contributed by atoms with Crippen LogP contribution in [0.3, 0.4) is 0 Å². The molecule has 0 saturated heterocycles. The third-order valence-electron chi connectivity index (χ3n) is 1.54. The van der Waals surface area contributed by atoms with Gasteiger partial charge in [-0.15, -0.1) is 0 Å². The molecule has 0 bridgehead atoms. The van der Waals surface area contributed by atoms with Gasteiger partial charge in [0.25, 0.3) is 0 Å². The standard InChI is InChI=1S/C7H5Cl2F3N2/c8-4-2-1-3(7(10,11)12)5(9)6(4)14-13/h1-2,14H,13H2. The van der Waals surface area contributed by atoms with Crippen LogP contribution in [0.1, 0.15) is 5.56 Å². The van der Waals surface area contributed by atoms with Gasteiger partial charge in [0, 0.05) is 0 Å². The third-order valence-corrected chi connectivity index (χ3v) is 2.25. The number of nitrogens with two attached hydrogens (primary N) is 1. The van der Waals surface area contributed by atoms with Gasteiger partial charge in [0.15, 0.2) is 0 Å². The Labute approximate surface area is 87.8 Å². The lowest BCUT2D eigenvalue weighted by Gasteiger charge is -2.12. The van der Waals surface area contributed by atoms with E-state index in [4.69, 9.17) is 29.0 Å². The van der Waals surface area contributed by atoms with Crippen molar-refractivity contribution in [1.82, 2.24) is 0 Å². The minimum Gasteiger partial charge on any atom is -0.321 e. The van der Waals surface area contributed by atoms with E-state index in [1.165, 1.54) is 0 Å². The Bertz CT molecular complexity index is 352. The predicted molar refractivity (Wildman–Crippen MR) is 49.3 cm³/mol. The maximum absolute atomic E-state index is 12.3. The lowest BCUT2D eigenvalue weighted by molar-refractivity contribution is -0.137. The second kappa shape index (κ2) is 3.84. The van der Waals surface area contributed by atoms with Crippen molar-refractivity contribution in [3.05, 3.63) is 27.7 Å². The average molecular weight is 245 g/mol. The minimum atomic E-state index is -4.52.